The van der Waals surface area contributed by atoms with Crippen LogP contribution in [0.15, 0.2) is 42.5 Å². The molecule has 0 aliphatic carbocycles. The molecule has 0 spiro atoms. The third-order valence-electron chi connectivity index (χ3n) is 3.38. The van der Waals surface area contributed by atoms with Crippen molar-refractivity contribution in [3.63, 3.8) is 0 Å². The Kier molecular flexibility index (Phi) is 7.15. The van der Waals surface area contributed by atoms with Crippen molar-refractivity contribution in [2.45, 2.75) is 13.0 Å². The Morgan fingerprint density at radius 2 is 1.85 bits per heavy atom. The lowest BCUT2D eigenvalue weighted by Crippen LogP contribution is -2.36. The van der Waals surface area contributed by atoms with Crippen LogP contribution in [-0.2, 0) is 14.3 Å². The highest BCUT2D eigenvalue weighted by Crippen LogP contribution is 2.25. The molecule has 0 aliphatic rings. The largest absolute Gasteiger partial charge is 0.451 e. The molecule has 2 N–H and O–H groups in total. The number of rotatable bonds is 6. The average molecular weight is 413 g/mol. The van der Waals surface area contributed by atoms with E-state index in [1.807, 2.05) is 0 Å². The Bertz CT molecular complexity index is 876. The first kappa shape index (κ1) is 20.7. The first-order valence-corrected chi connectivity index (χ1v) is 8.51. The third-order valence-corrected chi connectivity index (χ3v) is 3.94. The quantitative estimate of drug-likeness (QED) is 0.711. The molecule has 142 valence electrons. The summed E-state index contributed by atoms with van der Waals surface area (Å²) in [6.07, 6.45) is -1.15. The number of hydrogen-bond donors (Lipinski definition) is 2. The van der Waals surface area contributed by atoms with Crippen molar-refractivity contribution >= 4 is 46.7 Å². The fraction of sp³-hybridized carbons (Fsp3) is 0.167. The van der Waals surface area contributed by atoms with Crippen molar-refractivity contribution in [3.8, 4) is 0 Å². The smallest absolute Gasteiger partial charge is 0.326 e. The molecule has 2 rings (SSSR count). The van der Waals surface area contributed by atoms with Crippen LogP contribution in [0.1, 0.15) is 17.3 Å². The Hall–Kier alpha value is -2.64. The second-order valence-electron chi connectivity index (χ2n) is 5.41. The van der Waals surface area contributed by atoms with Gasteiger partial charge in [0.2, 0.25) is 0 Å². The molecule has 9 heteroatoms. The van der Waals surface area contributed by atoms with Gasteiger partial charge >= 0.3 is 5.97 Å². The predicted molar refractivity (Wildman–Crippen MR) is 99.4 cm³/mol. The molecule has 2 amide bonds. The molecule has 0 radical (unpaired) electrons. The maximum absolute atomic E-state index is 13.5. The number of carbonyl (C=O) groups excluding carboxylic acids is 3. The van der Waals surface area contributed by atoms with E-state index in [9.17, 15) is 18.8 Å². The van der Waals surface area contributed by atoms with Crippen LogP contribution < -0.4 is 10.6 Å². The van der Waals surface area contributed by atoms with E-state index in [1.54, 1.807) is 6.07 Å². The van der Waals surface area contributed by atoms with E-state index in [0.29, 0.717) is 5.02 Å². The standard InChI is InChI=1S/C18H15Cl2FN2O4/c1-10(17(25)23-15-8-11(19)6-7-13(15)20)27-16(24)9-22-18(26)12-4-2-3-5-14(12)21/h2-8,10H,9H2,1H3,(H,22,26)(H,23,25)/t10-/m1/s1. The van der Waals surface area contributed by atoms with E-state index in [0.717, 1.165) is 6.07 Å². The highest BCUT2D eigenvalue weighted by atomic mass is 35.5. The molecule has 6 nitrogen and oxygen atoms in total. The SMILES string of the molecule is C[C@@H](OC(=O)CNC(=O)c1ccccc1F)C(=O)Nc1cc(Cl)ccc1Cl. The summed E-state index contributed by atoms with van der Waals surface area (Å²) >= 11 is 11.8. The summed E-state index contributed by atoms with van der Waals surface area (Å²) in [6.45, 7) is 0.826. The fourth-order valence-electron chi connectivity index (χ4n) is 2.01. The van der Waals surface area contributed by atoms with Crippen molar-refractivity contribution in [3.05, 3.63) is 63.9 Å². The van der Waals surface area contributed by atoms with Crippen LogP contribution in [0.4, 0.5) is 10.1 Å². The molecule has 0 saturated heterocycles. The number of anilines is 1. The highest BCUT2D eigenvalue weighted by Gasteiger charge is 2.20. The van der Waals surface area contributed by atoms with E-state index < -0.39 is 36.2 Å². The molecule has 0 bridgehead atoms. The van der Waals surface area contributed by atoms with Crippen molar-refractivity contribution in [1.29, 1.82) is 0 Å². The number of hydrogen-bond acceptors (Lipinski definition) is 4. The molecule has 1 atom stereocenters. The topological polar surface area (TPSA) is 84.5 Å². The predicted octanol–water partition coefficient (Wildman–Crippen LogP) is 3.43. The van der Waals surface area contributed by atoms with Gasteiger partial charge < -0.3 is 15.4 Å². The van der Waals surface area contributed by atoms with Gasteiger partial charge in [0.25, 0.3) is 11.8 Å². The summed E-state index contributed by atoms with van der Waals surface area (Å²) in [5, 5.41) is 5.35. The van der Waals surface area contributed by atoms with Crippen LogP contribution in [0.5, 0.6) is 0 Å². The normalized spacial score (nSPS) is 11.4. The molecule has 0 aliphatic heterocycles. The second kappa shape index (κ2) is 9.34. The Labute approximate surface area is 164 Å². The molecule has 0 aromatic heterocycles. The molecule has 27 heavy (non-hydrogen) atoms. The average Bonchev–Trinajstić information content (AvgIpc) is 2.63. The van der Waals surface area contributed by atoms with Crippen LogP contribution >= 0.6 is 23.2 Å². The van der Waals surface area contributed by atoms with Crippen LogP contribution in [0.25, 0.3) is 0 Å². The van der Waals surface area contributed by atoms with Gasteiger partial charge in [-0.1, -0.05) is 35.3 Å². The number of halogens is 3. The summed E-state index contributed by atoms with van der Waals surface area (Å²) in [4.78, 5) is 35.7. The molecule has 0 unspecified atom stereocenters. The summed E-state index contributed by atoms with van der Waals surface area (Å²) in [5.41, 5.74) is 0.0663. The minimum absolute atomic E-state index is 0.202. The maximum Gasteiger partial charge on any atom is 0.326 e. The summed E-state index contributed by atoms with van der Waals surface area (Å²) in [6, 6.07) is 9.85. The highest BCUT2D eigenvalue weighted by molar-refractivity contribution is 6.35. The number of amides is 2. The fourth-order valence-corrected chi connectivity index (χ4v) is 2.35. The molecule has 2 aromatic carbocycles. The molecular weight excluding hydrogens is 398 g/mol. The van der Waals surface area contributed by atoms with E-state index in [2.05, 4.69) is 10.6 Å². The summed E-state index contributed by atoms with van der Waals surface area (Å²) in [5.74, 6) is -2.98. The Morgan fingerprint density at radius 3 is 2.56 bits per heavy atom. The first-order valence-electron chi connectivity index (χ1n) is 7.76. The van der Waals surface area contributed by atoms with Gasteiger partial charge in [0, 0.05) is 5.02 Å². The Balaban J connectivity index is 1.86. The van der Waals surface area contributed by atoms with Gasteiger partial charge in [0.15, 0.2) is 6.10 Å². The van der Waals surface area contributed by atoms with E-state index in [4.69, 9.17) is 27.9 Å². The molecular formula is C18H15Cl2FN2O4. The zero-order valence-electron chi connectivity index (χ0n) is 14.1. The van der Waals surface area contributed by atoms with Gasteiger partial charge in [-0.2, -0.15) is 0 Å². The van der Waals surface area contributed by atoms with Crippen molar-refractivity contribution in [2.24, 2.45) is 0 Å². The maximum atomic E-state index is 13.5. The van der Waals surface area contributed by atoms with Crippen molar-refractivity contribution < 1.29 is 23.5 Å². The Morgan fingerprint density at radius 1 is 1.15 bits per heavy atom. The van der Waals surface area contributed by atoms with Gasteiger partial charge in [-0.3, -0.25) is 14.4 Å². The summed E-state index contributed by atoms with van der Waals surface area (Å²) in [7, 11) is 0. The van der Waals surface area contributed by atoms with Gasteiger partial charge in [0.1, 0.15) is 12.4 Å². The van der Waals surface area contributed by atoms with Crippen LogP contribution in [0.2, 0.25) is 10.0 Å². The minimum atomic E-state index is -1.15. The van der Waals surface area contributed by atoms with Crippen molar-refractivity contribution in [2.75, 3.05) is 11.9 Å². The van der Waals surface area contributed by atoms with Gasteiger partial charge in [-0.05, 0) is 37.3 Å². The first-order chi connectivity index (χ1) is 12.8. The van der Waals surface area contributed by atoms with Crippen LogP contribution in [0.3, 0.4) is 0 Å². The number of esters is 1. The van der Waals surface area contributed by atoms with Crippen LogP contribution in [-0.4, -0.2) is 30.4 Å². The monoisotopic (exact) mass is 412 g/mol. The molecule has 2 aromatic rings. The molecule has 0 saturated carbocycles. The van der Waals surface area contributed by atoms with Crippen molar-refractivity contribution in [1.82, 2.24) is 5.32 Å². The van der Waals surface area contributed by atoms with Crippen LogP contribution in [0, 0.1) is 5.82 Å². The zero-order chi connectivity index (χ0) is 20.0. The van der Waals surface area contributed by atoms with E-state index in [-0.39, 0.29) is 16.3 Å². The second-order valence-corrected chi connectivity index (χ2v) is 6.25. The number of benzene rings is 2. The minimum Gasteiger partial charge on any atom is -0.451 e. The lowest BCUT2D eigenvalue weighted by Gasteiger charge is -2.14. The number of nitrogens with one attached hydrogen (secondary N) is 2. The third kappa shape index (κ3) is 5.94. The lowest BCUT2D eigenvalue weighted by atomic mass is 10.2. The van der Waals surface area contributed by atoms with E-state index >= 15 is 0 Å². The lowest BCUT2D eigenvalue weighted by molar-refractivity contribution is -0.152. The van der Waals surface area contributed by atoms with Gasteiger partial charge in [-0.15, -0.1) is 0 Å². The van der Waals surface area contributed by atoms with Gasteiger partial charge in [0.05, 0.1) is 16.3 Å². The number of carbonyl (C=O) groups is 3. The van der Waals surface area contributed by atoms with Gasteiger partial charge in [-0.25, -0.2) is 4.39 Å². The molecule has 0 heterocycles. The zero-order valence-corrected chi connectivity index (χ0v) is 15.6. The summed E-state index contributed by atoms with van der Waals surface area (Å²) < 4.78 is 18.4. The molecule has 0 fully saturated rings. The number of ether oxygens (including phenoxy) is 1. The van der Waals surface area contributed by atoms with E-state index in [1.165, 1.54) is 37.3 Å².